The van der Waals surface area contributed by atoms with Gasteiger partial charge in [0.2, 0.25) is 0 Å². The Morgan fingerprint density at radius 1 is 1.47 bits per heavy atom. The average molecular weight is 281 g/mol. The van der Waals surface area contributed by atoms with Gasteiger partial charge in [0, 0.05) is 29.0 Å². The fourth-order valence-corrected chi connectivity index (χ4v) is 3.26. The monoisotopic (exact) mass is 281 g/mol. The molecule has 0 spiro atoms. The Morgan fingerprint density at radius 3 is 2.89 bits per heavy atom. The van der Waals surface area contributed by atoms with Crippen LogP contribution in [0, 0.1) is 0 Å². The van der Waals surface area contributed by atoms with E-state index >= 15 is 0 Å². The third-order valence-electron chi connectivity index (χ3n) is 2.99. The molecule has 1 fully saturated rings. The number of hydrogen-bond donors (Lipinski definition) is 1. The summed E-state index contributed by atoms with van der Waals surface area (Å²) in [6.45, 7) is 3.72. The van der Waals surface area contributed by atoms with Gasteiger partial charge in [-0.3, -0.25) is 0 Å². The second kappa shape index (κ2) is 6.82. The van der Waals surface area contributed by atoms with Crippen LogP contribution in [0.3, 0.4) is 0 Å². The minimum Gasteiger partial charge on any atom is -0.462 e. The first-order chi connectivity index (χ1) is 9.22. The van der Waals surface area contributed by atoms with Gasteiger partial charge in [-0.1, -0.05) is 6.07 Å². The number of rotatable bonds is 4. The van der Waals surface area contributed by atoms with Gasteiger partial charge in [-0.25, -0.2) is 4.79 Å². The lowest BCUT2D eigenvalue weighted by atomic mass is 10.2. The molecule has 1 saturated heterocycles. The van der Waals surface area contributed by atoms with Crippen LogP contribution < -0.4 is 5.73 Å². The predicted octanol–water partition coefficient (Wildman–Crippen LogP) is 2.72. The Hall–Kier alpha value is -1.20. The quantitative estimate of drug-likeness (QED) is 0.679. The maximum atomic E-state index is 11.9. The first kappa shape index (κ1) is 14.2. The van der Waals surface area contributed by atoms with E-state index in [-0.39, 0.29) is 5.97 Å². The summed E-state index contributed by atoms with van der Waals surface area (Å²) in [5.74, 6) is -0.302. The first-order valence-electron chi connectivity index (χ1n) is 6.52. The van der Waals surface area contributed by atoms with Crippen molar-refractivity contribution in [2.75, 3.05) is 25.6 Å². The summed E-state index contributed by atoms with van der Waals surface area (Å²) in [6.07, 6.45) is 1.97. The molecule has 0 bridgehead atoms. The number of nitrogen functional groups attached to an aromatic ring is 1. The molecule has 0 amide bonds. The molecule has 1 aliphatic rings. The highest BCUT2D eigenvalue weighted by molar-refractivity contribution is 8.00. The average Bonchev–Trinajstić information content (AvgIpc) is 2.42. The molecule has 4 nitrogen and oxygen atoms in total. The summed E-state index contributed by atoms with van der Waals surface area (Å²) in [6, 6.07) is 5.38. The van der Waals surface area contributed by atoms with E-state index in [1.807, 2.05) is 6.07 Å². The zero-order valence-electron chi connectivity index (χ0n) is 11.1. The van der Waals surface area contributed by atoms with Crippen molar-refractivity contribution < 1.29 is 14.3 Å². The van der Waals surface area contributed by atoms with Gasteiger partial charge in [0.05, 0.1) is 12.2 Å². The van der Waals surface area contributed by atoms with Crippen LogP contribution >= 0.6 is 11.8 Å². The summed E-state index contributed by atoms with van der Waals surface area (Å²) >= 11 is 1.67. The number of anilines is 1. The second-order valence-corrected chi connectivity index (χ2v) is 5.68. The smallest absolute Gasteiger partial charge is 0.339 e. The molecule has 0 radical (unpaired) electrons. The molecule has 1 aromatic rings. The molecule has 0 atom stereocenters. The van der Waals surface area contributed by atoms with E-state index < -0.39 is 0 Å². The van der Waals surface area contributed by atoms with E-state index in [2.05, 4.69) is 0 Å². The molecule has 0 aromatic heterocycles. The predicted molar refractivity (Wildman–Crippen MR) is 76.5 cm³/mol. The lowest BCUT2D eigenvalue weighted by molar-refractivity contribution is 0.0522. The highest BCUT2D eigenvalue weighted by atomic mass is 32.2. The molecule has 0 saturated carbocycles. The summed E-state index contributed by atoms with van der Waals surface area (Å²) < 4.78 is 10.4. The molecule has 19 heavy (non-hydrogen) atoms. The topological polar surface area (TPSA) is 61.5 Å². The summed E-state index contributed by atoms with van der Waals surface area (Å²) in [7, 11) is 0. The Morgan fingerprint density at radius 2 is 2.21 bits per heavy atom. The van der Waals surface area contributed by atoms with Crippen LogP contribution in [0.1, 0.15) is 30.1 Å². The molecule has 2 N–H and O–H groups in total. The Kier molecular flexibility index (Phi) is 5.10. The largest absolute Gasteiger partial charge is 0.462 e. The zero-order valence-corrected chi connectivity index (χ0v) is 11.9. The molecule has 0 aliphatic carbocycles. The molecular weight excluding hydrogens is 262 g/mol. The Bertz CT molecular complexity index is 444. The lowest BCUT2D eigenvalue weighted by Crippen LogP contribution is -2.18. The number of carbonyl (C=O) groups is 1. The number of benzene rings is 1. The van der Waals surface area contributed by atoms with Crippen molar-refractivity contribution in [2.45, 2.75) is 29.9 Å². The SMILES string of the molecule is CCOC(=O)c1cccc(N)c1SC1CCOCC1. The molecule has 1 heterocycles. The number of hydrogen-bond acceptors (Lipinski definition) is 5. The lowest BCUT2D eigenvalue weighted by Gasteiger charge is -2.23. The van der Waals surface area contributed by atoms with E-state index in [0.717, 1.165) is 31.0 Å². The normalized spacial score (nSPS) is 16.3. The van der Waals surface area contributed by atoms with Crippen LogP contribution in [0.15, 0.2) is 23.1 Å². The third kappa shape index (κ3) is 3.64. The van der Waals surface area contributed by atoms with Crippen molar-refractivity contribution in [1.29, 1.82) is 0 Å². The second-order valence-electron chi connectivity index (χ2n) is 4.37. The van der Waals surface area contributed by atoms with Crippen LogP contribution in [0.25, 0.3) is 0 Å². The zero-order chi connectivity index (χ0) is 13.7. The van der Waals surface area contributed by atoms with Gasteiger partial charge in [-0.05, 0) is 31.9 Å². The molecule has 1 aliphatic heterocycles. The number of thioether (sulfide) groups is 1. The van der Waals surface area contributed by atoms with Gasteiger partial charge in [-0.15, -0.1) is 11.8 Å². The van der Waals surface area contributed by atoms with Gasteiger partial charge in [0.25, 0.3) is 0 Å². The molecule has 5 heteroatoms. The van der Waals surface area contributed by atoms with Gasteiger partial charge >= 0.3 is 5.97 Å². The minimum atomic E-state index is -0.302. The third-order valence-corrected chi connectivity index (χ3v) is 4.49. The summed E-state index contributed by atoms with van der Waals surface area (Å²) in [5.41, 5.74) is 7.22. The van der Waals surface area contributed by atoms with Crippen molar-refractivity contribution in [3.05, 3.63) is 23.8 Å². The van der Waals surface area contributed by atoms with E-state index in [9.17, 15) is 4.79 Å². The fraction of sp³-hybridized carbons (Fsp3) is 0.500. The number of ether oxygens (including phenoxy) is 2. The van der Waals surface area contributed by atoms with E-state index in [1.165, 1.54) is 0 Å². The van der Waals surface area contributed by atoms with Gasteiger partial charge in [0.15, 0.2) is 0 Å². The van der Waals surface area contributed by atoms with Crippen molar-refractivity contribution in [3.63, 3.8) is 0 Å². The molecular formula is C14H19NO3S. The molecule has 104 valence electrons. The standard InChI is InChI=1S/C14H19NO3S/c1-2-18-14(16)11-4-3-5-12(15)13(11)19-10-6-8-17-9-7-10/h3-5,10H,2,6-9,15H2,1H3. The minimum absolute atomic E-state index is 0.302. The van der Waals surface area contributed by atoms with E-state index in [0.29, 0.717) is 23.1 Å². The van der Waals surface area contributed by atoms with E-state index in [1.54, 1.807) is 30.8 Å². The van der Waals surface area contributed by atoms with Crippen LogP contribution in [0.4, 0.5) is 5.69 Å². The van der Waals surface area contributed by atoms with Crippen LogP contribution in [0.5, 0.6) is 0 Å². The fourth-order valence-electron chi connectivity index (χ4n) is 2.02. The van der Waals surface area contributed by atoms with Gasteiger partial charge in [-0.2, -0.15) is 0 Å². The van der Waals surface area contributed by atoms with Gasteiger partial charge < -0.3 is 15.2 Å². The van der Waals surface area contributed by atoms with Crippen molar-refractivity contribution in [1.82, 2.24) is 0 Å². The van der Waals surface area contributed by atoms with Crippen molar-refractivity contribution >= 4 is 23.4 Å². The number of nitrogens with two attached hydrogens (primary N) is 1. The highest BCUT2D eigenvalue weighted by Crippen LogP contribution is 2.36. The molecule has 1 aromatic carbocycles. The van der Waals surface area contributed by atoms with Crippen molar-refractivity contribution in [2.24, 2.45) is 0 Å². The highest BCUT2D eigenvalue weighted by Gasteiger charge is 2.21. The van der Waals surface area contributed by atoms with Crippen LogP contribution in [0.2, 0.25) is 0 Å². The van der Waals surface area contributed by atoms with Crippen LogP contribution in [-0.4, -0.2) is 31.0 Å². The number of carbonyl (C=O) groups excluding carboxylic acids is 1. The molecule has 2 rings (SSSR count). The van der Waals surface area contributed by atoms with Crippen LogP contribution in [-0.2, 0) is 9.47 Å². The van der Waals surface area contributed by atoms with E-state index in [4.69, 9.17) is 15.2 Å². The Balaban J connectivity index is 2.19. The summed E-state index contributed by atoms with van der Waals surface area (Å²) in [4.78, 5) is 12.8. The number of esters is 1. The maximum absolute atomic E-state index is 11.9. The maximum Gasteiger partial charge on any atom is 0.339 e. The summed E-state index contributed by atoms with van der Waals surface area (Å²) in [5, 5.41) is 0.451. The van der Waals surface area contributed by atoms with Crippen molar-refractivity contribution in [3.8, 4) is 0 Å². The molecule has 0 unspecified atom stereocenters. The van der Waals surface area contributed by atoms with Gasteiger partial charge in [0.1, 0.15) is 0 Å². The Labute approximate surface area is 117 Å². The first-order valence-corrected chi connectivity index (χ1v) is 7.40.